The van der Waals surface area contributed by atoms with Crippen molar-refractivity contribution in [2.45, 2.75) is 20.8 Å². The van der Waals surface area contributed by atoms with Gasteiger partial charge >= 0.3 is 0 Å². The number of imidazole rings is 1. The fourth-order valence-electron chi connectivity index (χ4n) is 1.04. The number of nitrogens with one attached hydrogen (secondary N) is 1. The zero-order valence-corrected chi connectivity index (χ0v) is 7.81. The lowest BCUT2D eigenvalue weighted by molar-refractivity contribution is 1.20. The van der Waals surface area contributed by atoms with Crippen LogP contribution in [0.5, 0.6) is 0 Å². The molecule has 0 aliphatic heterocycles. The first-order chi connectivity index (χ1) is 5.69. The van der Waals surface area contributed by atoms with Gasteiger partial charge in [-0.25, -0.2) is 4.98 Å². The van der Waals surface area contributed by atoms with E-state index in [1.54, 1.807) is 6.08 Å². The van der Waals surface area contributed by atoms with E-state index in [1.807, 2.05) is 26.8 Å². The number of hydrogen-bond donors (Lipinski definition) is 1. The lowest BCUT2D eigenvalue weighted by Crippen LogP contribution is -1.82. The molecule has 0 saturated heterocycles. The fraction of sp³-hybridized carbons (Fsp3) is 0.300. The maximum absolute atomic E-state index is 4.36. The van der Waals surface area contributed by atoms with Gasteiger partial charge in [0.25, 0.3) is 0 Å². The van der Waals surface area contributed by atoms with E-state index in [4.69, 9.17) is 0 Å². The van der Waals surface area contributed by atoms with Crippen molar-refractivity contribution >= 4 is 5.57 Å². The average molecular weight is 162 g/mol. The maximum atomic E-state index is 4.36. The number of allylic oxidation sites excluding steroid dienone is 3. The summed E-state index contributed by atoms with van der Waals surface area (Å²) in [5.41, 5.74) is 3.21. The number of nitrogens with zero attached hydrogens (tertiary/aromatic N) is 1. The topological polar surface area (TPSA) is 28.7 Å². The Morgan fingerprint density at radius 1 is 1.50 bits per heavy atom. The molecule has 12 heavy (non-hydrogen) atoms. The van der Waals surface area contributed by atoms with Gasteiger partial charge in [-0.2, -0.15) is 0 Å². The van der Waals surface area contributed by atoms with Crippen LogP contribution >= 0.6 is 0 Å². The van der Waals surface area contributed by atoms with Crippen molar-refractivity contribution in [3.05, 3.63) is 35.9 Å². The van der Waals surface area contributed by atoms with Crippen LogP contribution in [0.25, 0.3) is 5.57 Å². The Hall–Kier alpha value is -1.31. The molecule has 0 fully saturated rings. The van der Waals surface area contributed by atoms with Crippen molar-refractivity contribution in [3.63, 3.8) is 0 Å². The van der Waals surface area contributed by atoms with Crippen LogP contribution in [0.15, 0.2) is 18.7 Å². The molecule has 0 saturated carbocycles. The number of rotatable bonds is 2. The molecule has 1 heterocycles. The highest BCUT2D eigenvalue weighted by molar-refractivity contribution is 5.68. The van der Waals surface area contributed by atoms with E-state index in [1.165, 1.54) is 0 Å². The normalized spacial score (nSPS) is 11.8. The lowest BCUT2D eigenvalue weighted by atomic mass is 10.2. The Morgan fingerprint density at radius 3 is 2.50 bits per heavy atom. The molecule has 0 spiro atoms. The standard InChI is InChI=1S/C10H14N2/c1-5-9(6-2)10-11-7(3)8(4)12-10/h5-6H,1H2,2-4H3,(H,11,12)/b9-6+. The molecule has 0 amide bonds. The molecule has 0 aromatic carbocycles. The summed E-state index contributed by atoms with van der Waals surface area (Å²) in [5, 5.41) is 0. The summed E-state index contributed by atoms with van der Waals surface area (Å²) in [7, 11) is 0. The van der Waals surface area contributed by atoms with E-state index in [-0.39, 0.29) is 0 Å². The molecule has 0 bridgehead atoms. The molecule has 0 aliphatic carbocycles. The fourth-order valence-corrected chi connectivity index (χ4v) is 1.04. The minimum Gasteiger partial charge on any atom is -0.342 e. The minimum absolute atomic E-state index is 0.905. The van der Waals surface area contributed by atoms with Gasteiger partial charge in [0.15, 0.2) is 0 Å². The van der Waals surface area contributed by atoms with Gasteiger partial charge < -0.3 is 4.98 Å². The van der Waals surface area contributed by atoms with Gasteiger partial charge in [0.2, 0.25) is 0 Å². The average Bonchev–Trinajstić information content (AvgIpc) is 2.35. The molecule has 0 atom stereocenters. The van der Waals surface area contributed by atoms with Crippen molar-refractivity contribution in [2.24, 2.45) is 0 Å². The molecule has 64 valence electrons. The van der Waals surface area contributed by atoms with Gasteiger partial charge in [0, 0.05) is 11.3 Å². The van der Waals surface area contributed by atoms with E-state index in [9.17, 15) is 0 Å². The van der Waals surface area contributed by atoms with Crippen LogP contribution in [0.3, 0.4) is 0 Å². The van der Waals surface area contributed by atoms with Gasteiger partial charge in [-0.3, -0.25) is 0 Å². The van der Waals surface area contributed by atoms with E-state index in [0.717, 1.165) is 22.8 Å². The summed E-state index contributed by atoms with van der Waals surface area (Å²) in [4.78, 5) is 7.55. The first-order valence-corrected chi connectivity index (χ1v) is 4.01. The van der Waals surface area contributed by atoms with Gasteiger partial charge in [-0.05, 0) is 20.8 Å². The first kappa shape index (κ1) is 8.78. The third kappa shape index (κ3) is 1.47. The number of aromatic amines is 1. The highest BCUT2D eigenvalue weighted by atomic mass is 14.9. The van der Waals surface area contributed by atoms with Crippen LogP contribution in [-0.4, -0.2) is 9.97 Å². The third-order valence-electron chi connectivity index (χ3n) is 1.93. The summed E-state index contributed by atoms with van der Waals surface area (Å²) in [6, 6.07) is 0. The Balaban J connectivity index is 3.11. The van der Waals surface area contributed by atoms with E-state index >= 15 is 0 Å². The molecule has 1 aromatic heterocycles. The maximum Gasteiger partial charge on any atom is 0.137 e. The number of H-pyrrole nitrogens is 1. The smallest absolute Gasteiger partial charge is 0.137 e. The SMILES string of the molecule is C=C/C(=C\C)c1nc(C)c(C)[nH]1. The third-order valence-corrected chi connectivity index (χ3v) is 1.93. The molecule has 1 rings (SSSR count). The molecular weight excluding hydrogens is 148 g/mol. The molecule has 2 heteroatoms. The van der Waals surface area contributed by atoms with Gasteiger partial charge in [-0.1, -0.05) is 18.7 Å². The van der Waals surface area contributed by atoms with Crippen LogP contribution in [0, 0.1) is 13.8 Å². The molecule has 1 aromatic rings. The molecule has 0 unspecified atom stereocenters. The summed E-state index contributed by atoms with van der Waals surface area (Å²) >= 11 is 0. The Morgan fingerprint density at radius 2 is 2.17 bits per heavy atom. The minimum atomic E-state index is 0.905. The van der Waals surface area contributed by atoms with Crippen molar-refractivity contribution in [3.8, 4) is 0 Å². The molecular formula is C10H14N2. The van der Waals surface area contributed by atoms with Crippen LogP contribution in [-0.2, 0) is 0 Å². The van der Waals surface area contributed by atoms with Gasteiger partial charge in [-0.15, -0.1) is 0 Å². The largest absolute Gasteiger partial charge is 0.342 e. The van der Waals surface area contributed by atoms with Crippen LogP contribution in [0.4, 0.5) is 0 Å². The Kier molecular flexibility index (Phi) is 2.48. The zero-order chi connectivity index (χ0) is 9.14. The van der Waals surface area contributed by atoms with Crippen molar-refractivity contribution in [2.75, 3.05) is 0 Å². The predicted octanol–water partition coefficient (Wildman–Crippen LogP) is 2.62. The van der Waals surface area contributed by atoms with Crippen molar-refractivity contribution < 1.29 is 0 Å². The second-order valence-electron chi connectivity index (χ2n) is 2.74. The van der Waals surface area contributed by atoms with Gasteiger partial charge in [0.05, 0.1) is 5.69 Å². The molecule has 2 nitrogen and oxygen atoms in total. The number of hydrogen-bond acceptors (Lipinski definition) is 1. The number of aromatic nitrogens is 2. The zero-order valence-electron chi connectivity index (χ0n) is 7.81. The highest BCUT2D eigenvalue weighted by Crippen LogP contribution is 2.13. The van der Waals surface area contributed by atoms with E-state index in [0.29, 0.717) is 0 Å². The van der Waals surface area contributed by atoms with Gasteiger partial charge in [0.1, 0.15) is 5.82 Å². The summed E-state index contributed by atoms with van der Waals surface area (Å²) in [5.74, 6) is 0.905. The summed E-state index contributed by atoms with van der Waals surface area (Å²) < 4.78 is 0. The molecule has 0 radical (unpaired) electrons. The second kappa shape index (κ2) is 3.39. The molecule has 0 aliphatic rings. The van der Waals surface area contributed by atoms with Crippen molar-refractivity contribution in [1.82, 2.24) is 9.97 Å². The summed E-state index contributed by atoms with van der Waals surface area (Å²) in [6.45, 7) is 9.70. The monoisotopic (exact) mass is 162 g/mol. The van der Waals surface area contributed by atoms with Crippen LogP contribution in [0.1, 0.15) is 24.1 Å². The second-order valence-corrected chi connectivity index (χ2v) is 2.74. The van der Waals surface area contributed by atoms with Crippen molar-refractivity contribution in [1.29, 1.82) is 0 Å². The van der Waals surface area contributed by atoms with E-state index in [2.05, 4.69) is 16.5 Å². The predicted molar refractivity (Wildman–Crippen MR) is 51.9 cm³/mol. The lowest BCUT2D eigenvalue weighted by Gasteiger charge is -1.93. The number of aryl methyl sites for hydroxylation is 2. The first-order valence-electron chi connectivity index (χ1n) is 4.01. The quantitative estimate of drug-likeness (QED) is 0.665. The van der Waals surface area contributed by atoms with Crippen LogP contribution < -0.4 is 0 Å². The highest BCUT2D eigenvalue weighted by Gasteiger charge is 2.03. The molecule has 1 N–H and O–H groups in total. The van der Waals surface area contributed by atoms with Crippen LogP contribution in [0.2, 0.25) is 0 Å². The Bertz CT molecular complexity index is 299. The Labute approximate surface area is 73.0 Å². The van der Waals surface area contributed by atoms with E-state index < -0.39 is 0 Å². The summed E-state index contributed by atoms with van der Waals surface area (Å²) in [6.07, 6.45) is 3.79.